The zero-order chi connectivity index (χ0) is 16.7. The predicted molar refractivity (Wildman–Crippen MR) is 94.7 cm³/mol. The lowest BCUT2D eigenvalue weighted by Gasteiger charge is -2.11. The van der Waals surface area contributed by atoms with E-state index in [0.29, 0.717) is 12.5 Å². The number of aliphatic imine (C=N–C) groups is 1. The third kappa shape index (κ3) is 2.44. The molecule has 1 aromatic carbocycles. The Morgan fingerprint density at radius 1 is 1.25 bits per heavy atom. The second-order valence-corrected chi connectivity index (χ2v) is 6.40. The van der Waals surface area contributed by atoms with E-state index in [-0.39, 0.29) is 0 Å². The van der Waals surface area contributed by atoms with Gasteiger partial charge in [0.05, 0.1) is 12.7 Å². The van der Waals surface area contributed by atoms with Gasteiger partial charge in [-0.05, 0) is 24.0 Å². The number of fused-ring (bicyclic) bond motifs is 2. The highest BCUT2D eigenvalue weighted by molar-refractivity contribution is 5.86. The van der Waals surface area contributed by atoms with Gasteiger partial charge < -0.3 is 5.32 Å². The van der Waals surface area contributed by atoms with Crippen molar-refractivity contribution in [2.45, 2.75) is 39.8 Å². The van der Waals surface area contributed by atoms with Gasteiger partial charge >= 0.3 is 0 Å². The van der Waals surface area contributed by atoms with Crippen LogP contribution in [0.2, 0.25) is 0 Å². The van der Waals surface area contributed by atoms with Gasteiger partial charge in [0.2, 0.25) is 5.95 Å². The van der Waals surface area contributed by atoms with Crippen molar-refractivity contribution in [3.8, 4) is 0 Å². The molecule has 0 aliphatic carbocycles. The van der Waals surface area contributed by atoms with Gasteiger partial charge in [0, 0.05) is 23.9 Å². The molecule has 0 spiro atoms. The van der Waals surface area contributed by atoms with E-state index in [1.165, 1.54) is 16.7 Å². The highest BCUT2D eigenvalue weighted by Crippen LogP contribution is 2.22. The van der Waals surface area contributed by atoms with E-state index in [0.717, 1.165) is 29.5 Å². The first-order valence-corrected chi connectivity index (χ1v) is 8.20. The third-order valence-electron chi connectivity index (χ3n) is 4.33. The molecule has 0 atom stereocenters. The van der Waals surface area contributed by atoms with Crippen LogP contribution in [0.4, 0.5) is 5.95 Å². The van der Waals surface area contributed by atoms with Crippen molar-refractivity contribution < 1.29 is 0 Å². The summed E-state index contributed by atoms with van der Waals surface area (Å²) in [5.74, 6) is 1.84. The highest BCUT2D eigenvalue weighted by Gasteiger charge is 2.15. The molecule has 1 N–H and O–H groups in total. The van der Waals surface area contributed by atoms with E-state index in [4.69, 9.17) is 0 Å². The third-order valence-corrected chi connectivity index (χ3v) is 4.33. The highest BCUT2D eigenvalue weighted by atomic mass is 15.3. The molecule has 0 bridgehead atoms. The molecule has 1 aliphatic rings. The Kier molecular flexibility index (Phi) is 3.52. The Balaban J connectivity index is 1.68. The summed E-state index contributed by atoms with van der Waals surface area (Å²) in [5.41, 5.74) is 5.72. The second kappa shape index (κ2) is 5.70. The molecular formula is C18H20N6. The number of aryl methyl sites for hydroxylation is 1. The lowest BCUT2D eigenvalue weighted by molar-refractivity contribution is 0.851. The Morgan fingerprint density at radius 2 is 2.12 bits per heavy atom. The van der Waals surface area contributed by atoms with Crippen LogP contribution in [-0.2, 0) is 13.1 Å². The van der Waals surface area contributed by atoms with Gasteiger partial charge in [-0.2, -0.15) is 14.6 Å². The van der Waals surface area contributed by atoms with Gasteiger partial charge in [-0.1, -0.05) is 32.0 Å². The maximum atomic E-state index is 4.56. The van der Waals surface area contributed by atoms with Crippen LogP contribution in [-0.4, -0.2) is 25.8 Å². The van der Waals surface area contributed by atoms with Crippen LogP contribution in [0.15, 0.2) is 29.4 Å². The van der Waals surface area contributed by atoms with Crippen LogP contribution >= 0.6 is 0 Å². The lowest BCUT2D eigenvalue weighted by atomic mass is 10.0. The summed E-state index contributed by atoms with van der Waals surface area (Å²) < 4.78 is 1.79. The van der Waals surface area contributed by atoms with Crippen molar-refractivity contribution in [1.82, 2.24) is 19.6 Å². The first-order valence-electron chi connectivity index (χ1n) is 8.20. The molecule has 0 unspecified atom stereocenters. The zero-order valence-corrected chi connectivity index (χ0v) is 14.1. The summed E-state index contributed by atoms with van der Waals surface area (Å²) in [6, 6.07) is 6.33. The first kappa shape index (κ1) is 14.8. The van der Waals surface area contributed by atoms with Crippen LogP contribution in [0.1, 0.15) is 47.8 Å². The van der Waals surface area contributed by atoms with Gasteiger partial charge in [-0.15, -0.1) is 0 Å². The fourth-order valence-corrected chi connectivity index (χ4v) is 3.06. The van der Waals surface area contributed by atoms with Crippen LogP contribution in [0.3, 0.4) is 0 Å². The van der Waals surface area contributed by atoms with E-state index in [1.54, 1.807) is 4.52 Å². The van der Waals surface area contributed by atoms with Gasteiger partial charge in [-0.3, -0.25) is 4.99 Å². The second-order valence-electron chi connectivity index (χ2n) is 6.40. The molecule has 0 radical (unpaired) electrons. The van der Waals surface area contributed by atoms with E-state index in [1.807, 2.05) is 19.3 Å². The SMILES string of the molecule is Cc1nc(NCc2cccc3c2C=NC3)n2ncc(C(C)C)c2n1. The maximum absolute atomic E-state index is 4.56. The molecule has 0 fully saturated rings. The molecule has 2 aromatic heterocycles. The maximum Gasteiger partial charge on any atom is 0.227 e. The molecule has 122 valence electrons. The van der Waals surface area contributed by atoms with E-state index >= 15 is 0 Å². The number of anilines is 1. The van der Waals surface area contributed by atoms with Gasteiger partial charge in [0.25, 0.3) is 0 Å². The summed E-state index contributed by atoms with van der Waals surface area (Å²) in [6.45, 7) is 7.66. The molecule has 0 amide bonds. The van der Waals surface area contributed by atoms with Crippen molar-refractivity contribution in [2.75, 3.05) is 5.32 Å². The fourth-order valence-electron chi connectivity index (χ4n) is 3.06. The summed E-state index contributed by atoms with van der Waals surface area (Å²) >= 11 is 0. The quantitative estimate of drug-likeness (QED) is 0.802. The van der Waals surface area contributed by atoms with Crippen molar-refractivity contribution in [3.63, 3.8) is 0 Å². The minimum atomic E-state index is 0.373. The average Bonchev–Trinajstić information content (AvgIpc) is 3.18. The van der Waals surface area contributed by atoms with Gasteiger partial charge in [0.1, 0.15) is 5.82 Å². The average molecular weight is 320 g/mol. The molecule has 0 saturated heterocycles. The van der Waals surface area contributed by atoms with Crippen molar-refractivity contribution in [3.05, 3.63) is 52.5 Å². The molecule has 0 saturated carbocycles. The van der Waals surface area contributed by atoms with Gasteiger partial charge in [0.15, 0.2) is 5.65 Å². The van der Waals surface area contributed by atoms with E-state index < -0.39 is 0 Å². The summed E-state index contributed by atoms with van der Waals surface area (Å²) in [5, 5.41) is 7.88. The minimum Gasteiger partial charge on any atom is -0.350 e. The van der Waals surface area contributed by atoms with Crippen LogP contribution in [0.5, 0.6) is 0 Å². The summed E-state index contributed by atoms with van der Waals surface area (Å²) in [4.78, 5) is 13.4. The number of nitrogens with one attached hydrogen (secondary N) is 1. The number of rotatable bonds is 4. The summed E-state index contributed by atoms with van der Waals surface area (Å²) in [7, 11) is 0. The molecule has 6 nitrogen and oxygen atoms in total. The van der Waals surface area contributed by atoms with Gasteiger partial charge in [-0.25, -0.2) is 4.98 Å². The van der Waals surface area contributed by atoms with E-state index in [2.05, 4.69) is 57.4 Å². The standard InChI is InChI=1S/C18H20N6/c1-11(2)15-10-21-24-17(15)22-12(3)23-18(24)20-8-14-6-4-5-13-7-19-9-16(13)14/h4-6,9-11H,7-8H2,1-3H3,(H,20,22,23). The first-order chi connectivity index (χ1) is 11.6. The Bertz CT molecular complexity index is 938. The number of nitrogens with zero attached hydrogens (tertiary/aromatic N) is 5. The fraction of sp³-hybridized carbons (Fsp3) is 0.333. The zero-order valence-electron chi connectivity index (χ0n) is 14.1. The Hall–Kier alpha value is -2.76. The Morgan fingerprint density at radius 3 is 2.96 bits per heavy atom. The number of hydrogen-bond acceptors (Lipinski definition) is 5. The van der Waals surface area contributed by atoms with Crippen LogP contribution in [0.25, 0.3) is 5.65 Å². The Labute approximate surface area is 140 Å². The van der Waals surface area contributed by atoms with Crippen molar-refractivity contribution >= 4 is 17.8 Å². The van der Waals surface area contributed by atoms with Crippen molar-refractivity contribution in [2.24, 2.45) is 4.99 Å². The predicted octanol–water partition coefficient (Wildman–Crippen LogP) is 3.10. The number of benzene rings is 1. The number of hydrogen-bond donors (Lipinski definition) is 1. The lowest BCUT2D eigenvalue weighted by Crippen LogP contribution is -2.11. The minimum absolute atomic E-state index is 0.373. The summed E-state index contributed by atoms with van der Waals surface area (Å²) in [6.07, 6.45) is 3.84. The molecule has 4 rings (SSSR count). The molecule has 24 heavy (non-hydrogen) atoms. The number of aromatic nitrogens is 4. The molecule has 1 aliphatic heterocycles. The molecular weight excluding hydrogens is 300 g/mol. The topological polar surface area (TPSA) is 67.5 Å². The smallest absolute Gasteiger partial charge is 0.227 e. The molecule has 3 aromatic rings. The normalized spacial score (nSPS) is 13.0. The van der Waals surface area contributed by atoms with Crippen LogP contribution in [0, 0.1) is 6.92 Å². The van der Waals surface area contributed by atoms with Crippen molar-refractivity contribution in [1.29, 1.82) is 0 Å². The van der Waals surface area contributed by atoms with E-state index in [9.17, 15) is 0 Å². The molecule has 6 heteroatoms. The van der Waals surface area contributed by atoms with Crippen LogP contribution < -0.4 is 5.32 Å². The molecule has 3 heterocycles. The monoisotopic (exact) mass is 320 g/mol. The largest absolute Gasteiger partial charge is 0.350 e.